The first-order chi connectivity index (χ1) is 10.1. The molecule has 1 fully saturated rings. The first-order valence-corrected chi connectivity index (χ1v) is 8.45. The highest BCUT2D eigenvalue weighted by atomic mass is 35.5. The third kappa shape index (κ3) is 3.40. The monoisotopic (exact) mass is 356 g/mol. The molecule has 4 nitrogen and oxygen atoms in total. The van der Waals surface area contributed by atoms with E-state index in [1.54, 1.807) is 0 Å². The molecule has 1 saturated carbocycles. The largest absolute Gasteiger partial charge is 0.417 e. The first-order valence-electron chi connectivity index (χ1n) is 6.64. The number of likely N-dealkylation sites (N-methyl/N-ethyl adjacent to an activating group) is 1. The molecule has 1 aliphatic carbocycles. The molecule has 2 N–H and O–H groups in total. The van der Waals surface area contributed by atoms with Crippen LogP contribution in [0.25, 0.3) is 0 Å². The Morgan fingerprint density at radius 2 is 2.00 bits per heavy atom. The quantitative estimate of drug-likeness (QED) is 0.882. The minimum absolute atomic E-state index is 0.0648. The average Bonchev–Trinajstić information content (AvgIpc) is 3.22. The van der Waals surface area contributed by atoms with E-state index in [0.717, 1.165) is 29.3 Å². The van der Waals surface area contributed by atoms with Crippen LogP contribution in [0.4, 0.5) is 13.2 Å². The van der Waals surface area contributed by atoms with E-state index in [-0.39, 0.29) is 17.5 Å². The van der Waals surface area contributed by atoms with Crippen molar-refractivity contribution < 1.29 is 21.6 Å². The Bertz CT molecular complexity index is 660. The van der Waals surface area contributed by atoms with Gasteiger partial charge in [-0.05, 0) is 37.0 Å². The molecule has 1 atom stereocenters. The van der Waals surface area contributed by atoms with Gasteiger partial charge in [0.1, 0.15) is 0 Å². The molecular formula is C13H16ClF3N2O2S. The third-order valence-corrected chi connectivity index (χ3v) is 5.95. The van der Waals surface area contributed by atoms with Crippen LogP contribution in [0.2, 0.25) is 5.02 Å². The summed E-state index contributed by atoms with van der Waals surface area (Å²) in [5.74, 6) is 0.103. The number of alkyl halides is 3. The molecule has 0 radical (unpaired) electrons. The molecule has 1 aromatic carbocycles. The number of benzene rings is 1. The summed E-state index contributed by atoms with van der Waals surface area (Å²) in [5, 5.41) is -0.175. The van der Waals surface area contributed by atoms with Crippen LogP contribution >= 0.6 is 11.6 Å². The lowest BCUT2D eigenvalue weighted by atomic mass is 10.2. The van der Waals surface area contributed by atoms with Crippen LogP contribution in [0.1, 0.15) is 18.4 Å². The first kappa shape index (κ1) is 17.5. The second-order valence-corrected chi connectivity index (χ2v) is 7.70. The van der Waals surface area contributed by atoms with E-state index in [1.165, 1.54) is 7.05 Å². The van der Waals surface area contributed by atoms with Crippen molar-refractivity contribution in [2.45, 2.75) is 30.0 Å². The summed E-state index contributed by atoms with van der Waals surface area (Å²) in [5.41, 5.74) is 4.32. The third-order valence-electron chi connectivity index (χ3n) is 3.78. The molecule has 0 aliphatic heterocycles. The van der Waals surface area contributed by atoms with Gasteiger partial charge in [0.05, 0.1) is 10.5 Å². The molecule has 0 spiro atoms. The minimum Gasteiger partial charge on any atom is -0.329 e. The maximum atomic E-state index is 13.1. The van der Waals surface area contributed by atoms with Crippen LogP contribution in [0.3, 0.4) is 0 Å². The molecule has 2 rings (SSSR count). The highest BCUT2D eigenvalue weighted by Crippen LogP contribution is 2.39. The van der Waals surface area contributed by atoms with Crippen molar-refractivity contribution in [1.29, 1.82) is 0 Å². The fraction of sp³-hybridized carbons (Fsp3) is 0.538. The zero-order valence-electron chi connectivity index (χ0n) is 11.8. The van der Waals surface area contributed by atoms with Gasteiger partial charge in [-0.25, -0.2) is 8.42 Å². The Morgan fingerprint density at radius 3 is 2.45 bits per heavy atom. The van der Waals surface area contributed by atoms with Crippen molar-refractivity contribution in [3.63, 3.8) is 0 Å². The van der Waals surface area contributed by atoms with Gasteiger partial charge >= 0.3 is 6.18 Å². The topological polar surface area (TPSA) is 63.4 Å². The molecular weight excluding hydrogens is 341 g/mol. The molecule has 1 aliphatic rings. The smallest absolute Gasteiger partial charge is 0.329 e. The molecule has 124 valence electrons. The molecule has 0 amide bonds. The molecule has 0 heterocycles. The van der Waals surface area contributed by atoms with Crippen LogP contribution in [-0.2, 0) is 16.2 Å². The fourth-order valence-electron chi connectivity index (χ4n) is 2.40. The summed E-state index contributed by atoms with van der Waals surface area (Å²) in [6.45, 7) is 0.0648. The number of nitrogens with zero attached hydrogens (tertiary/aromatic N) is 1. The Balaban J connectivity index is 2.49. The second kappa shape index (κ2) is 5.99. The van der Waals surface area contributed by atoms with Gasteiger partial charge in [-0.2, -0.15) is 17.5 Å². The zero-order chi connectivity index (χ0) is 16.7. The van der Waals surface area contributed by atoms with Gasteiger partial charge in [-0.1, -0.05) is 11.6 Å². The SMILES string of the molecule is CN(C(CN)C1CC1)S(=O)(=O)c1ccc(Cl)cc1C(F)(F)F. The second-order valence-electron chi connectivity index (χ2n) is 5.30. The normalized spacial score (nSPS) is 17.8. The molecule has 1 unspecified atom stereocenters. The van der Waals surface area contributed by atoms with Crippen LogP contribution in [-0.4, -0.2) is 32.4 Å². The Labute approximate surface area is 132 Å². The van der Waals surface area contributed by atoms with Crippen LogP contribution < -0.4 is 5.73 Å². The van der Waals surface area contributed by atoms with Crippen molar-refractivity contribution in [2.75, 3.05) is 13.6 Å². The summed E-state index contributed by atoms with van der Waals surface area (Å²) in [7, 11) is -3.05. The number of halogens is 4. The number of sulfonamides is 1. The van der Waals surface area contributed by atoms with Gasteiger partial charge in [-0.3, -0.25) is 0 Å². The molecule has 1 aromatic rings. The lowest BCUT2D eigenvalue weighted by Gasteiger charge is -2.27. The minimum atomic E-state index is -4.81. The summed E-state index contributed by atoms with van der Waals surface area (Å²) < 4.78 is 65.4. The van der Waals surface area contributed by atoms with Crippen LogP contribution in [0.5, 0.6) is 0 Å². The Kier molecular flexibility index (Phi) is 4.77. The highest BCUT2D eigenvalue weighted by molar-refractivity contribution is 7.89. The molecule has 9 heteroatoms. The molecule has 22 heavy (non-hydrogen) atoms. The van der Waals surface area contributed by atoms with E-state index >= 15 is 0 Å². The van der Waals surface area contributed by atoms with Gasteiger partial charge in [0.2, 0.25) is 10.0 Å². The van der Waals surface area contributed by atoms with Crippen molar-refractivity contribution in [3.05, 3.63) is 28.8 Å². The van der Waals surface area contributed by atoms with Crippen molar-refractivity contribution in [3.8, 4) is 0 Å². The summed E-state index contributed by atoms with van der Waals surface area (Å²) >= 11 is 5.57. The Hall–Kier alpha value is -0.830. The van der Waals surface area contributed by atoms with E-state index < -0.39 is 32.7 Å². The number of nitrogens with two attached hydrogens (primary N) is 1. The number of rotatable bonds is 5. The number of hydrogen-bond acceptors (Lipinski definition) is 3. The molecule has 0 bridgehead atoms. The summed E-state index contributed by atoms with van der Waals surface area (Å²) in [6, 6.07) is 2.14. The van der Waals surface area contributed by atoms with Gasteiger partial charge in [0, 0.05) is 24.7 Å². The van der Waals surface area contributed by atoms with Crippen molar-refractivity contribution in [2.24, 2.45) is 11.7 Å². The zero-order valence-corrected chi connectivity index (χ0v) is 13.3. The van der Waals surface area contributed by atoms with E-state index in [2.05, 4.69) is 0 Å². The lowest BCUT2D eigenvalue weighted by molar-refractivity contribution is -0.139. The van der Waals surface area contributed by atoms with E-state index in [4.69, 9.17) is 17.3 Å². The van der Waals surface area contributed by atoms with Crippen molar-refractivity contribution >= 4 is 21.6 Å². The molecule has 0 aromatic heterocycles. The maximum absolute atomic E-state index is 13.1. The Morgan fingerprint density at radius 1 is 1.41 bits per heavy atom. The van der Waals surface area contributed by atoms with Gasteiger partial charge in [-0.15, -0.1) is 0 Å². The number of hydrogen-bond donors (Lipinski definition) is 1. The van der Waals surface area contributed by atoms with Gasteiger partial charge in [0.25, 0.3) is 0 Å². The predicted octanol–water partition coefficient (Wildman–Crippen LogP) is 2.72. The van der Waals surface area contributed by atoms with Crippen LogP contribution in [0, 0.1) is 5.92 Å². The highest BCUT2D eigenvalue weighted by Gasteiger charge is 2.42. The average molecular weight is 357 g/mol. The predicted molar refractivity (Wildman–Crippen MR) is 77.0 cm³/mol. The summed E-state index contributed by atoms with van der Waals surface area (Å²) in [6.07, 6.45) is -3.16. The van der Waals surface area contributed by atoms with Crippen LogP contribution in [0.15, 0.2) is 23.1 Å². The van der Waals surface area contributed by atoms with Crippen molar-refractivity contribution in [1.82, 2.24) is 4.31 Å². The standard InChI is InChI=1S/C13H16ClF3N2O2S/c1-19(11(7-18)8-2-3-8)22(20,21)12-5-4-9(14)6-10(12)13(15,16)17/h4-6,8,11H,2-3,7,18H2,1H3. The van der Waals surface area contributed by atoms with Gasteiger partial charge in [0.15, 0.2) is 0 Å². The fourth-order valence-corrected chi connectivity index (χ4v) is 4.19. The lowest BCUT2D eigenvalue weighted by Crippen LogP contribution is -2.43. The van der Waals surface area contributed by atoms with E-state index in [1.807, 2.05) is 0 Å². The molecule has 0 saturated heterocycles. The van der Waals surface area contributed by atoms with E-state index in [9.17, 15) is 21.6 Å². The van der Waals surface area contributed by atoms with Gasteiger partial charge < -0.3 is 5.73 Å². The van der Waals surface area contributed by atoms with E-state index in [0.29, 0.717) is 6.07 Å². The summed E-state index contributed by atoms with van der Waals surface area (Å²) in [4.78, 5) is -0.800. The maximum Gasteiger partial charge on any atom is 0.417 e.